The maximum atomic E-state index is 14.5. The third-order valence-corrected chi connectivity index (χ3v) is 4.62. The summed E-state index contributed by atoms with van der Waals surface area (Å²) in [7, 11) is 1.40. The van der Waals surface area contributed by atoms with Gasteiger partial charge >= 0.3 is 6.09 Å². The van der Waals surface area contributed by atoms with Gasteiger partial charge in [-0.3, -0.25) is 0 Å². The summed E-state index contributed by atoms with van der Waals surface area (Å²) in [6.45, 7) is 0.146. The number of hydrogen-bond donors (Lipinski definition) is 1. The standard InChI is InChI=1S/C16H18F4N2O4/c1-25-7-9-4-8-6-21(16(23)24)2-3-22(8)13-12(18)11(17)5-10(15(19)20)14(13)26-9/h5,8-9,15H,2-4,6-7H2,1H3,(H,23,24). The van der Waals surface area contributed by atoms with E-state index in [1.807, 2.05) is 0 Å². The van der Waals surface area contributed by atoms with Crippen LogP contribution in [0.2, 0.25) is 0 Å². The van der Waals surface area contributed by atoms with Crippen LogP contribution in [0, 0.1) is 11.6 Å². The van der Waals surface area contributed by atoms with Crippen LogP contribution in [0.5, 0.6) is 5.75 Å². The van der Waals surface area contributed by atoms with Crippen LogP contribution < -0.4 is 9.64 Å². The number of methoxy groups -OCH3 is 1. The smallest absolute Gasteiger partial charge is 0.407 e. The Bertz CT molecular complexity index is 703. The number of nitrogens with zero attached hydrogens (tertiary/aromatic N) is 2. The molecule has 2 unspecified atom stereocenters. The monoisotopic (exact) mass is 378 g/mol. The van der Waals surface area contributed by atoms with Crippen molar-refractivity contribution in [2.75, 3.05) is 38.3 Å². The molecule has 2 atom stereocenters. The van der Waals surface area contributed by atoms with Gasteiger partial charge in [0.05, 0.1) is 18.2 Å². The van der Waals surface area contributed by atoms with E-state index in [2.05, 4.69) is 0 Å². The van der Waals surface area contributed by atoms with Crippen molar-refractivity contribution >= 4 is 11.8 Å². The Morgan fingerprint density at radius 3 is 2.77 bits per heavy atom. The molecule has 0 aromatic heterocycles. The van der Waals surface area contributed by atoms with Crippen LogP contribution >= 0.6 is 0 Å². The second-order valence-corrected chi connectivity index (χ2v) is 6.25. The second kappa shape index (κ2) is 7.18. The van der Waals surface area contributed by atoms with Crippen molar-refractivity contribution < 1.29 is 36.9 Å². The molecule has 1 aromatic rings. The lowest BCUT2D eigenvalue weighted by Gasteiger charge is -2.41. The van der Waals surface area contributed by atoms with Crippen molar-refractivity contribution in [2.45, 2.75) is 25.0 Å². The highest BCUT2D eigenvalue weighted by Crippen LogP contribution is 2.45. The lowest BCUT2D eigenvalue weighted by Crippen LogP contribution is -2.55. The number of hydrogen-bond acceptors (Lipinski definition) is 4. The van der Waals surface area contributed by atoms with Gasteiger partial charge in [-0.1, -0.05) is 0 Å². The normalized spacial score (nSPS) is 22.5. The first-order valence-electron chi connectivity index (χ1n) is 8.03. The molecule has 1 N–H and O–H groups in total. The molecular weight excluding hydrogens is 360 g/mol. The number of alkyl halides is 2. The molecule has 1 aromatic carbocycles. The number of rotatable bonds is 3. The average molecular weight is 378 g/mol. The van der Waals surface area contributed by atoms with Crippen LogP contribution in [0.15, 0.2) is 6.07 Å². The fourth-order valence-corrected chi connectivity index (χ4v) is 3.49. The average Bonchev–Trinajstić information content (AvgIpc) is 2.74. The highest BCUT2D eigenvalue weighted by atomic mass is 19.3. The summed E-state index contributed by atoms with van der Waals surface area (Å²) in [5.41, 5.74) is -1.12. The van der Waals surface area contributed by atoms with Gasteiger partial charge in [-0.25, -0.2) is 22.4 Å². The van der Waals surface area contributed by atoms with Gasteiger partial charge in [-0.15, -0.1) is 0 Å². The van der Waals surface area contributed by atoms with Crippen LogP contribution in [-0.2, 0) is 4.74 Å². The maximum Gasteiger partial charge on any atom is 0.407 e. The molecular formula is C16H18F4N2O4. The third-order valence-electron chi connectivity index (χ3n) is 4.62. The molecule has 144 valence electrons. The summed E-state index contributed by atoms with van der Waals surface area (Å²) in [5, 5.41) is 9.20. The first-order valence-corrected chi connectivity index (χ1v) is 8.03. The van der Waals surface area contributed by atoms with Gasteiger partial charge < -0.3 is 24.4 Å². The van der Waals surface area contributed by atoms with Crippen molar-refractivity contribution in [1.82, 2.24) is 4.90 Å². The molecule has 2 aliphatic heterocycles. The van der Waals surface area contributed by atoms with Gasteiger partial charge in [0.15, 0.2) is 17.4 Å². The van der Waals surface area contributed by atoms with Crippen molar-refractivity contribution in [3.8, 4) is 5.75 Å². The zero-order valence-corrected chi connectivity index (χ0v) is 13.9. The van der Waals surface area contributed by atoms with Crippen LogP contribution in [0.1, 0.15) is 18.4 Å². The number of ether oxygens (including phenoxy) is 2. The molecule has 6 nitrogen and oxygen atoms in total. The Balaban J connectivity index is 2.11. The zero-order chi connectivity index (χ0) is 19.0. The number of benzene rings is 1. The molecule has 1 saturated heterocycles. The number of fused-ring (bicyclic) bond motifs is 3. The molecule has 0 radical (unpaired) electrons. The van der Waals surface area contributed by atoms with Crippen LogP contribution in [0.4, 0.5) is 28.0 Å². The topological polar surface area (TPSA) is 62.2 Å². The van der Waals surface area contributed by atoms with Crippen LogP contribution in [0.3, 0.4) is 0 Å². The van der Waals surface area contributed by atoms with Crippen molar-refractivity contribution in [3.05, 3.63) is 23.3 Å². The number of carbonyl (C=O) groups is 1. The highest BCUT2D eigenvalue weighted by molar-refractivity contribution is 5.68. The molecule has 0 bridgehead atoms. The second-order valence-electron chi connectivity index (χ2n) is 6.25. The van der Waals surface area contributed by atoms with E-state index in [0.29, 0.717) is 6.07 Å². The quantitative estimate of drug-likeness (QED) is 0.820. The molecule has 2 heterocycles. The minimum atomic E-state index is -3.06. The predicted molar refractivity (Wildman–Crippen MR) is 83.0 cm³/mol. The van der Waals surface area contributed by atoms with E-state index >= 15 is 0 Å². The summed E-state index contributed by atoms with van der Waals surface area (Å²) in [4.78, 5) is 13.8. The van der Waals surface area contributed by atoms with Gasteiger partial charge in [0.2, 0.25) is 0 Å². The molecule has 10 heteroatoms. The number of carboxylic acid groups (broad SMARTS) is 1. The minimum Gasteiger partial charge on any atom is -0.485 e. The first-order chi connectivity index (χ1) is 12.3. The molecule has 2 aliphatic rings. The number of anilines is 1. The summed E-state index contributed by atoms with van der Waals surface area (Å²) in [5.74, 6) is -3.09. The lowest BCUT2D eigenvalue weighted by atomic mass is 10.0. The Hall–Kier alpha value is -2.23. The molecule has 0 aliphatic carbocycles. The predicted octanol–water partition coefficient (Wildman–Crippen LogP) is 2.87. The van der Waals surface area contributed by atoms with E-state index < -0.39 is 47.6 Å². The zero-order valence-electron chi connectivity index (χ0n) is 13.9. The minimum absolute atomic E-state index is 0.0261. The molecule has 3 rings (SSSR count). The number of halogens is 4. The van der Waals surface area contributed by atoms with Gasteiger partial charge in [-0.2, -0.15) is 0 Å². The van der Waals surface area contributed by atoms with E-state index in [0.717, 1.165) is 4.90 Å². The van der Waals surface area contributed by atoms with Crippen LogP contribution in [0.25, 0.3) is 0 Å². The highest BCUT2D eigenvalue weighted by Gasteiger charge is 2.40. The van der Waals surface area contributed by atoms with E-state index in [1.165, 1.54) is 12.0 Å². The lowest BCUT2D eigenvalue weighted by molar-refractivity contribution is 0.0653. The van der Waals surface area contributed by atoms with E-state index in [4.69, 9.17) is 9.47 Å². The summed E-state index contributed by atoms with van der Waals surface area (Å²) in [6.07, 6.45) is -4.68. The van der Waals surface area contributed by atoms with E-state index in [9.17, 15) is 27.5 Å². The fraction of sp³-hybridized carbons (Fsp3) is 0.562. The van der Waals surface area contributed by atoms with E-state index in [-0.39, 0.29) is 38.3 Å². The summed E-state index contributed by atoms with van der Waals surface area (Å²) >= 11 is 0. The van der Waals surface area contributed by atoms with Gasteiger partial charge in [0.1, 0.15) is 11.8 Å². The van der Waals surface area contributed by atoms with Crippen molar-refractivity contribution in [1.29, 1.82) is 0 Å². The number of piperazine rings is 1. The SMILES string of the molecule is COCC1CC2CN(C(=O)O)CCN2c2c(F)c(F)cc(C(F)F)c2O1. The Morgan fingerprint density at radius 1 is 1.42 bits per heavy atom. The molecule has 1 fully saturated rings. The van der Waals surface area contributed by atoms with Gasteiger partial charge in [0, 0.05) is 33.2 Å². The molecule has 26 heavy (non-hydrogen) atoms. The van der Waals surface area contributed by atoms with E-state index in [1.54, 1.807) is 0 Å². The van der Waals surface area contributed by atoms with Crippen molar-refractivity contribution in [3.63, 3.8) is 0 Å². The summed E-state index contributed by atoms with van der Waals surface area (Å²) < 4.78 is 65.9. The maximum absolute atomic E-state index is 14.5. The third kappa shape index (κ3) is 3.25. The van der Waals surface area contributed by atoms with Gasteiger partial charge in [0.25, 0.3) is 6.43 Å². The largest absolute Gasteiger partial charge is 0.485 e. The first kappa shape index (κ1) is 18.6. The van der Waals surface area contributed by atoms with Crippen molar-refractivity contribution in [2.24, 2.45) is 0 Å². The fourth-order valence-electron chi connectivity index (χ4n) is 3.49. The molecule has 0 spiro atoms. The molecule has 1 amide bonds. The Kier molecular flexibility index (Phi) is 5.12. The van der Waals surface area contributed by atoms with Crippen LogP contribution in [-0.4, -0.2) is 61.6 Å². The Morgan fingerprint density at radius 2 is 2.15 bits per heavy atom. The number of amides is 1. The van der Waals surface area contributed by atoms with Gasteiger partial charge in [-0.05, 0) is 6.07 Å². The summed E-state index contributed by atoms with van der Waals surface area (Å²) in [6, 6.07) is -0.112. The molecule has 0 saturated carbocycles. The Labute approximate surface area is 146 Å².